The summed E-state index contributed by atoms with van der Waals surface area (Å²) in [5.41, 5.74) is 4.54. The molecule has 0 radical (unpaired) electrons. The Morgan fingerprint density at radius 2 is 1.70 bits per heavy atom. The fourth-order valence-electron chi connectivity index (χ4n) is 4.01. The number of anilines is 1. The fourth-order valence-corrected chi connectivity index (χ4v) is 4.01. The van der Waals surface area contributed by atoms with Gasteiger partial charge in [0.05, 0.1) is 26.7 Å². The number of hydrogen-bond donors (Lipinski definition) is 1. The molecule has 0 bridgehead atoms. The zero-order valence-corrected chi connectivity index (χ0v) is 15.5. The van der Waals surface area contributed by atoms with Crippen molar-refractivity contribution >= 4 is 11.6 Å². The summed E-state index contributed by atoms with van der Waals surface area (Å²) in [6.45, 7) is 7.31. The standard InChI is InChI=1S/C20H32N2O/c1-15-13-16(2)20(17(3)14-15)21-19(23)11-8-12-22(4,5)18-9-6-7-10-18/h13-14,18H,6-12H2,1-5H3/p+1. The number of carbonyl (C=O) groups excluding carboxylic acids is 1. The normalized spacial score (nSPS) is 15.9. The molecule has 1 aliphatic carbocycles. The van der Waals surface area contributed by atoms with Crippen molar-refractivity contribution in [3.05, 3.63) is 28.8 Å². The number of carbonyl (C=O) groups is 1. The second kappa shape index (κ2) is 7.48. The lowest BCUT2D eigenvalue weighted by Crippen LogP contribution is -2.48. The van der Waals surface area contributed by atoms with Crippen molar-refractivity contribution in [2.45, 2.75) is 65.3 Å². The molecule has 0 aromatic heterocycles. The van der Waals surface area contributed by atoms with Gasteiger partial charge in [0, 0.05) is 18.5 Å². The van der Waals surface area contributed by atoms with Crippen LogP contribution < -0.4 is 5.32 Å². The van der Waals surface area contributed by atoms with Crippen molar-refractivity contribution in [3.8, 4) is 0 Å². The molecule has 1 amide bonds. The molecule has 0 aliphatic heterocycles. The van der Waals surface area contributed by atoms with Gasteiger partial charge in [0.15, 0.2) is 0 Å². The van der Waals surface area contributed by atoms with Crippen LogP contribution in [0.25, 0.3) is 0 Å². The predicted molar refractivity (Wildman–Crippen MR) is 97.7 cm³/mol. The minimum atomic E-state index is 0.145. The van der Waals surface area contributed by atoms with Gasteiger partial charge in [-0.2, -0.15) is 0 Å². The van der Waals surface area contributed by atoms with E-state index in [2.05, 4.69) is 52.3 Å². The zero-order valence-electron chi connectivity index (χ0n) is 15.5. The third-order valence-corrected chi connectivity index (χ3v) is 5.39. The molecule has 23 heavy (non-hydrogen) atoms. The molecule has 128 valence electrons. The number of rotatable bonds is 6. The largest absolute Gasteiger partial charge is 0.326 e. The van der Waals surface area contributed by atoms with Crippen molar-refractivity contribution in [3.63, 3.8) is 0 Å². The number of amides is 1. The van der Waals surface area contributed by atoms with Crippen molar-refractivity contribution in [1.29, 1.82) is 0 Å². The van der Waals surface area contributed by atoms with E-state index in [4.69, 9.17) is 0 Å². The van der Waals surface area contributed by atoms with E-state index in [1.165, 1.54) is 31.2 Å². The highest BCUT2D eigenvalue weighted by Gasteiger charge is 2.30. The molecule has 1 aliphatic rings. The summed E-state index contributed by atoms with van der Waals surface area (Å²) < 4.78 is 1.07. The van der Waals surface area contributed by atoms with Crippen molar-refractivity contribution in [2.24, 2.45) is 0 Å². The van der Waals surface area contributed by atoms with Gasteiger partial charge in [-0.25, -0.2) is 0 Å². The van der Waals surface area contributed by atoms with Crippen LogP contribution in [0.2, 0.25) is 0 Å². The van der Waals surface area contributed by atoms with Crippen LogP contribution in [0.5, 0.6) is 0 Å². The first-order valence-electron chi connectivity index (χ1n) is 9.00. The summed E-state index contributed by atoms with van der Waals surface area (Å²) in [6, 6.07) is 5.05. The summed E-state index contributed by atoms with van der Waals surface area (Å²) >= 11 is 0. The molecular weight excluding hydrogens is 284 g/mol. The SMILES string of the molecule is Cc1cc(C)c(NC(=O)CCC[N+](C)(C)C2CCCC2)c(C)c1. The maximum Gasteiger partial charge on any atom is 0.224 e. The molecule has 1 fully saturated rings. The Labute approximate surface area is 141 Å². The lowest BCUT2D eigenvalue weighted by molar-refractivity contribution is -0.914. The van der Waals surface area contributed by atoms with Crippen LogP contribution in [-0.4, -0.2) is 37.1 Å². The molecule has 0 unspecified atom stereocenters. The molecule has 1 aromatic rings. The molecule has 1 N–H and O–H groups in total. The molecule has 0 heterocycles. The van der Waals surface area contributed by atoms with Gasteiger partial charge in [0.25, 0.3) is 0 Å². The maximum absolute atomic E-state index is 12.3. The fraction of sp³-hybridized carbons (Fsp3) is 0.650. The quantitative estimate of drug-likeness (QED) is 0.777. The molecule has 3 nitrogen and oxygen atoms in total. The maximum atomic E-state index is 12.3. The minimum absolute atomic E-state index is 0.145. The average molecular weight is 317 g/mol. The Kier molecular flexibility index (Phi) is 5.85. The molecule has 3 heteroatoms. The Hall–Kier alpha value is -1.35. The van der Waals surface area contributed by atoms with Crippen LogP contribution in [0.1, 0.15) is 55.2 Å². The van der Waals surface area contributed by atoms with Crippen LogP contribution in [0.15, 0.2) is 12.1 Å². The predicted octanol–water partition coefficient (Wildman–Crippen LogP) is 4.35. The summed E-state index contributed by atoms with van der Waals surface area (Å²) in [4.78, 5) is 12.3. The van der Waals surface area contributed by atoms with Crippen LogP contribution >= 0.6 is 0 Å². The minimum Gasteiger partial charge on any atom is -0.326 e. The average Bonchev–Trinajstić information content (AvgIpc) is 2.97. The third kappa shape index (κ3) is 4.81. The zero-order chi connectivity index (χ0) is 17.0. The van der Waals surface area contributed by atoms with Crippen LogP contribution in [0, 0.1) is 20.8 Å². The summed E-state index contributed by atoms with van der Waals surface area (Å²) in [6.07, 6.45) is 7.01. The highest BCUT2D eigenvalue weighted by Crippen LogP contribution is 2.27. The van der Waals surface area contributed by atoms with E-state index in [9.17, 15) is 4.79 Å². The molecule has 0 spiro atoms. The van der Waals surface area contributed by atoms with Crippen molar-refractivity contribution in [2.75, 3.05) is 26.0 Å². The first kappa shape index (κ1) is 18.0. The lowest BCUT2D eigenvalue weighted by Gasteiger charge is -2.36. The van der Waals surface area contributed by atoms with E-state index in [0.29, 0.717) is 6.42 Å². The molecule has 1 aromatic carbocycles. The molecule has 0 atom stereocenters. The highest BCUT2D eigenvalue weighted by molar-refractivity contribution is 5.92. The number of benzene rings is 1. The van der Waals surface area contributed by atoms with Gasteiger partial charge in [0.1, 0.15) is 0 Å². The second-order valence-electron chi connectivity index (χ2n) is 7.87. The number of nitrogens with one attached hydrogen (secondary N) is 1. The second-order valence-corrected chi connectivity index (χ2v) is 7.87. The van der Waals surface area contributed by atoms with E-state index >= 15 is 0 Å². The van der Waals surface area contributed by atoms with Gasteiger partial charge >= 0.3 is 0 Å². The summed E-state index contributed by atoms with van der Waals surface area (Å²) in [5, 5.41) is 3.12. The molecular formula is C20H33N2O+. The van der Waals surface area contributed by atoms with E-state index in [1.807, 2.05) is 0 Å². The topological polar surface area (TPSA) is 29.1 Å². The lowest BCUT2D eigenvalue weighted by atomic mass is 10.0. The Bertz CT molecular complexity index is 534. The first-order chi connectivity index (χ1) is 10.8. The smallest absolute Gasteiger partial charge is 0.224 e. The van der Waals surface area contributed by atoms with E-state index in [1.54, 1.807) is 0 Å². The molecule has 1 saturated carbocycles. The first-order valence-corrected chi connectivity index (χ1v) is 9.00. The highest BCUT2D eigenvalue weighted by atomic mass is 16.1. The Morgan fingerprint density at radius 1 is 1.13 bits per heavy atom. The van der Waals surface area contributed by atoms with Gasteiger partial charge in [-0.1, -0.05) is 17.7 Å². The van der Waals surface area contributed by atoms with Gasteiger partial charge in [-0.15, -0.1) is 0 Å². The monoisotopic (exact) mass is 317 g/mol. The number of nitrogens with zero attached hydrogens (tertiary/aromatic N) is 1. The van der Waals surface area contributed by atoms with E-state index in [0.717, 1.165) is 40.3 Å². The van der Waals surface area contributed by atoms with Gasteiger partial charge in [0.2, 0.25) is 5.91 Å². The van der Waals surface area contributed by atoms with Crippen LogP contribution in [0.4, 0.5) is 5.69 Å². The van der Waals surface area contributed by atoms with Crippen molar-refractivity contribution < 1.29 is 9.28 Å². The Morgan fingerprint density at radius 3 is 2.26 bits per heavy atom. The van der Waals surface area contributed by atoms with Crippen LogP contribution in [-0.2, 0) is 4.79 Å². The van der Waals surface area contributed by atoms with Crippen molar-refractivity contribution in [1.82, 2.24) is 0 Å². The van der Waals surface area contributed by atoms with Gasteiger partial charge < -0.3 is 9.80 Å². The third-order valence-electron chi connectivity index (χ3n) is 5.39. The molecule has 2 rings (SSSR count). The Balaban J connectivity index is 1.84. The van der Waals surface area contributed by atoms with Gasteiger partial charge in [-0.3, -0.25) is 4.79 Å². The van der Waals surface area contributed by atoms with E-state index < -0.39 is 0 Å². The number of aryl methyl sites for hydroxylation is 3. The number of quaternary nitrogens is 1. The van der Waals surface area contributed by atoms with Gasteiger partial charge in [-0.05, 0) is 57.6 Å². The number of hydrogen-bond acceptors (Lipinski definition) is 1. The summed E-state index contributed by atoms with van der Waals surface area (Å²) in [5.74, 6) is 0.145. The summed E-state index contributed by atoms with van der Waals surface area (Å²) in [7, 11) is 4.64. The molecule has 0 saturated heterocycles. The van der Waals surface area contributed by atoms with Crippen LogP contribution in [0.3, 0.4) is 0 Å². The van der Waals surface area contributed by atoms with E-state index in [-0.39, 0.29) is 5.91 Å².